The summed E-state index contributed by atoms with van der Waals surface area (Å²) in [6.45, 7) is 0.663. The van der Waals surface area contributed by atoms with E-state index in [2.05, 4.69) is 10.4 Å². The first-order valence-electron chi connectivity index (χ1n) is 8.24. The van der Waals surface area contributed by atoms with E-state index < -0.39 is 23.8 Å². The lowest BCUT2D eigenvalue weighted by molar-refractivity contribution is -0.118. The number of hydrogen-bond donors (Lipinski definition) is 1. The Labute approximate surface area is 164 Å². The summed E-state index contributed by atoms with van der Waals surface area (Å²) in [7, 11) is 1.40. The predicted octanol–water partition coefficient (Wildman–Crippen LogP) is 1.03. The molecule has 0 aromatic heterocycles. The number of nitrogens with one attached hydrogen (secondary N) is 1. The zero-order valence-electron chi connectivity index (χ0n) is 14.8. The van der Waals surface area contributed by atoms with Crippen LogP contribution in [0.2, 0.25) is 0 Å². The molecule has 150 valence electrons. The standard InChI is InChI=1S/C16H17F2N5O4S/c1-26-15(28)19-6-11-7-23(16(25)27-11)10-4-12(17)14(13(18)5-10)21-2-3-22(9-24)20-8-21/h4-5,8-9,11H,2-3,6-7H2,1H3,(H,19,28)/t11-/m0/s1. The Morgan fingerprint density at radius 1 is 1.43 bits per heavy atom. The number of rotatable bonds is 5. The lowest BCUT2D eigenvalue weighted by atomic mass is 10.2. The quantitative estimate of drug-likeness (QED) is 0.570. The molecule has 1 aromatic carbocycles. The lowest BCUT2D eigenvalue weighted by Gasteiger charge is -2.27. The SMILES string of the molecule is COC(=S)NC[C@H]1CN(c2cc(F)c(N3C=NN(C=O)CC3)c(F)c2)C(=O)O1. The van der Waals surface area contributed by atoms with Gasteiger partial charge >= 0.3 is 6.09 Å². The summed E-state index contributed by atoms with van der Waals surface area (Å²) in [5, 5.41) is 7.79. The minimum atomic E-state index is -0.865. The van der Waals surface area contributed by atoms with Crippen LogP contribution in [0.25, 0.3) is 0 Å². The minimum Gasteiger partial charge on any atom is -0.474 e. The summed E-state index contributed by atoms with van der Waals surface area (Å²) in [4.78, 5) is 25.1. The second-order valence-electron chi connectivity index (χ2n) is 5.94. The number of carbonyl (C=O) groups excluding carboxylic acids is 2. The Morgan fingerprint density at radius 3 is 2.71 bits per heavy atom. The van der Waals surface area contributed by atoms with Gasteiger partial charge in [-0.1, -0.05) is 0 Å². The molecule has 28 heavy (non-hydrogen) atoms. The number of anilines is 2. The van der Waals surface area contributed by atoms with Gasteiger partial charge in [0.15, 0.2) is 11.6 Å². The number of nitrogens with zero attached hydrogens (tertiary/aromatic N) is 4. The van der Waals surface area contributed by atoms with Gasteiger partial charge in [-0.25, -0.2) is 18.6 Å². The third-order valence-electron chi connectivity index (χ3n) is 4.17. The van der Waals surface area contributed by atoms with Crippen LogP contribution in [0.4, 0.5) is 25.0 Å². The first-order valence-corrected chi connectivity index (χ1v) is 8.65. The number of hydrazone groups is 1. The molecule has 1 N–H and O–H groups in total. The van der Waals surface area contributed by atoms with Gasteiger partial charge in [-0.05, 0) is 12.2 Å². The van der Waals surface area contributed by atoms with Gasteiger partial charge in [0.1, 0.15) is 18.1 Å². The fourth-order valence-corrected chi connectivity index (χ4v) is 2.88. The maximum atomic E-state index is 14.6. The Hall–Kier alpha value is -3.02. The molecule has 3 rings (SSSR count). The maximum absolute atomic E-state index is 14.6. The van der Waals surface area contributed by atoms with Crippen molar-refractivity contribution in [1.29, 1.82) is 0 Å². The van der Waals surface area contributed by atoms with Gasteiger partial charge in [0, 0.05) is 18.7 Å². The van der Waals surface area contributed by atoms with Crippen molar-refractivity contribution < 1.29 is 27.8 Å². The monoisotopic (exact) mass is 413 g/mol. The first-order chi connectivity index (χ1) is 13.4. The van der Waals surface area contributed by atoms with E-state index in [9.17, 15) is 18.4 Å². The molecule has 2 amide bonds. The normalized spacial score (nSPS) is 18.9. The zero-order valence-corrected chi connectivity index (χ0v) is 15.6. The number of halogens is 2. The highest BCUT2D eigenvalue weighted by molar-refractivity contribution is 7.80. The molecule has 0 radical (unpaired) electrons. The fraction of sp³-hybridized carbons (Fsp3) is 0.375. The summed E-state index contributed by atoms with van der Waals surface area (Å²) in [5.74, 6) is -1.73. The van der Waals surface area contributed by atoms with Crippen molar-refractivity contribution in [2.45, 2.75) is 6.10 Å². The van der Waals surface area contributed by atoms with Crippen LogP contribution < -0.4 is 15.1 Å². The number of cyclic esters (lactones) is 1. The lowest BCUT2D eigenvalue weighted by Crippen LogP contribution is -2.38. The van der Waals surface area contributed by atoms with Crippen LogP contribution in [0.1, 0.15) is 0 Å². The van der Waals surface area contributed by atoms with E-state index in [1.54, 1.807) is 0 Å². The van der Waals surface area contributed by atoms with Crippen LogP contribution in [0, 0.1) is 11.6 Å². The number of methoxy groups -OCH3 is 1. The van der Waals surface area contributed by atoms with E-state index in [1.807, 2.05) is 0 Å². The Balaban J connectivity index is 1.74. The van der Waals surface area contributed by atoms with Crippen LogP contribution in [-0.4, -0.2) is 68.4 Å². The number of benzene rings is 1. The van der Waals surface area contributed by atoms with E-state index in [0.29, 0.717) is 6.41 Å². The second kappa shape index (κ2) is 8.33. The highest BCUT2D eigenvalue weighted by atomic mass is 32.1. The predicted molar refractivity (Wildman–Crippen MR) is 100 cm³/mol. The number of thiocarbonyl (C=S) groups is 1. The topological polar surface area (TPSA) is 86.7 Å². The fourth-order valence-electron chi connectivity index (χ4n) is 2.79. The molecular formula is C16H17F2N5O4S. The summed E-state index contributed by atoms with van der Waals surface area (Å²) in [6, 6.07) is 2.10. The summed E-state index contributed by atoms with van der Waals surface area (Å²) < 4.78 is 39.2. The van der Waals surface area contributed by atoms with Crippen LogP contribution in [0.15, 0.2) is 17.2 Å². The highest BCUT2D eigenvalue weighted by Gasteiger charge is 2.34. The summed E-state index contributed by atoms with van der Waals surface area (Å²) in [6.07, 6.45) is 0.411. The van der Waals surface area contributed by atoms with Gasteiger partial charge in [0.25, 0.3) is 5.17 Å². The van der Waals surface area contributed by atoms with Gasteiger partial charge in [0.2, 0.25) is 6.41 Å². The first kappa shape index (κ1) is 19.7. The molecule has 9 nitrogen and oxygen atoms in total. The molecule has 1 aromatic rings. The third kappa shape index (κ3) is 4.11. The van der Waals surface area contributed by atoms with Crippen molar-refractivity contribution in [3.05, 3.63) is 23.8 Å². The van der Waals surface area contributed by atoms with Gasteiger partial charge in [0.05, 0.1) is 32.4 Å². The number of ether oxygens (including phenoxy) is 2. The largest absolute Gasteiger partial charge is 0.474 e. The summed E-state index contributed by atoms with van der Waals surface area (Å²) >= 11 is 4.84. The van der Waals surface area contributed by atoms with Crippen molar-refractivity contribution in [2.24, 2.45) is 5.10 Å². The minimum absolute atomic E-state index is 0.0315. The zero-order chi connectivity index (χ0) is 20.3. The molecule has 12 heteroatoms. The summed E-state index contributed by atoms with van der Waals surface area (Å²) in [5.41, 5.74) is -0.279. The number of hydrogen-bond acceptors (Lipinski definition) is 7. The van der Waals surface area contributed by atoms with E-state index >= 15 is 0 Å². The Kier molecular flexibility index (Phi) is 5.87. The van der Waals surface area contributed by atoms with Crippen molar-refractivity contribution in [2.75, 3.05) is 43.1 Å². The highest BCUT2D eigenvalue weighted by Crippen LogP contribution is 2.31. The molecule has 0 spiro atoms. The molecule has 0 bridgehead atoms. The molecule has 1 fully saturated rings. The number of carbonyl (C=O) groups is 2. The van der Waals surface area contributed by atoms with E-state index in [1.165, 1.54) is 18.3 Å². The Morgan fingerprint density at radius 2 is 2.14 bits per heavy atom. The smallest absolute Gasteiger partial charge is 0.414 e. The Bertz CT molecular complexity index is 801. The molecule has 0 aliphatic carbocycles. The average Bonchev–Trinajstić information content (AvgIpc) is 3.06. The molecule has 2 aliphatic rings. The van der Waals surface area contributed by atoms with Crippen molar-refractivity contribution in [3.63, 3.8) is 0 Å². The molecular weight excluding hydrogens is 396 g/mol. The van der Waals surface area contributed by atoms with Crippen molar-refractivity contribution in [1.82, 2.24) is 10.3 Å². The molecule has 0 saturated carbocycles. The second-order valence-corrected chi connectivity index (χ2v) is 6.31. The molecule has 1 saturated heterocycles. The van der Waals surface area contributed by atoms with Gasteiger partial charge in [-0.15, -0.1) is 0 Å². The van der Waals surface area contributed by atoms with E-state index in [4.69, 9.17) is 21.7 Å². The van der Waals surface area contributed by atoms with Crippen LogP contribution >= 0.6 is 12.2 Å². The van der Waals surface area contributed by atoms with E-state index in [0.717, 1.165) is 22.0 Å². The molecule has 1 atom stereocenters. The maximum Gasteiger partial charge on any atom is 0.414 e. The van der Waals surface area contributed by atoms with Crippen molar-refractivity contribution in [3.8, 4) is 0 Å². The third-order valence-corrected chi connectivity index (χ3v) is 4.48. The van der Waals surface area contributed by atoms with Gasteiger partial charge in [-0.3, -0.25) is 9.69 Å². The number of amides is 2. The average molecular weight is 413 g/mol. The van der Waals surface area contributed by atoms with Crippen LogP contribution in [0.3, 0.4) is 0 Å². The molecule has 2 heterocycles. The van der Waals surface area contributed by atoms with Crippen LogP contribution in [-0.2, 0) is 14.3 Å². The van der Waals surface area contributed by atoms with Crippen molar-refractivity contribution >= 4 is 47.6 Å². The van der Waals surface area contributed by atoms with Gasteiger partial charge < -0.3 is 19.7 Å². The molecule has 0 unspecified atom stereocenters. The van der Waals surface area contributed by atoms with Crippen LogP contribution in [0.5, 0.6) is 0 Å². The van der Waals surface area contributed by atoms with Gasteiger partial charge in [-0.2, -0.15) is 5.10 Å². The molecule has 2 aliphatic heterocycles. The van der Waals surface area contributed by atoms with E-state index in [-0.39, 0.29) is 42.7 Å².